The molecule has 0 saturated carbocycles. The molecule has 1 aromatic heterocycles. The van der Waals surface area contributed by atoms with Gasteiger partial charge in [-0.15, -0.1) is 6.42 Å². The van der Waals surface area contributed by atoms with Crippen molar-refractivity contribution >= 4 is 17.3 Å². The molecule has 2 heterocycles. The van der Waals surface area contributed by atoms with E-state index in [0.717, 1.165) is 28.2 Å². The number of amides is 1. The number of benzene rings is 2. The Morgan fingerprint density at radius 2 is 1.96 bits per heavy atom. The number of terminal acetylenes is 1. The first-order chi connectivity index (χ1) is 13.6. The van der Waals surface area contributed by atoms with Crippen molar-refractivity contribution in [3.63, 3.8) is 0 Å². The van der Waals surface area contributed by atoms with Gasteiger partial charge in [0.05, 0.1) is 35.6 Å². The van der Waals surface area contributed by atoms with E-state index in [-0.39, 0.29) is 24.4 Å². The fourth-order valence-corrected chi connectivity index (χ4v) is 3.58. The normalized spacial score (nSPS) is 16.9. The van der Waals surface area contributed by atoms with Crippen molar-refractivity contribution in [2.24, 2.45) is 0 Å². The first-order valence-electron chi connectivity index (χ1n) is 9.33. The molecule has 2 N–H and O–H groups in total. The Hall–Kier alpha value is -3.52. The van der Waals surface area contributed by atoms with Crippen LogP contribution in [0, 0.1) is 19.3 Å². The summed E-state index contributed by atoms with van der Waals surface area (Å²) in [4.78, 5) is 12.1. The molecule has 4 rings (SSSR count). The smallest absolute Gasteiger partial charge is 0.227 e. The third kappa shape index (κ3) is 3.25. The molecule has 1 amide bonds. The lowest BCUT2D eigenvalue weighted by Crippen LogP contribution is -2.20. The van der Waals surface area contributed by atoms with Gasteiger partial charge in [0.25, 0.3) is 0 Å². The van der Waals surface area contributed by atoms with Gasteiger partial charge < -0.3 is 10.6 Å². The van der Waals surface area contributed by atoms with Crippen molar-refractivity contribution in [2.45, 2.75) is 32.4 Å². The van der Waals surface area contributed by atoms with E-state index in [1.54, 1.807) is 0 Å². The molecule has 5 nitrogen and oxygen atoms in total. The zero-order valence-electron chi connectivity index (χ0n) is 15.9. The summed E-state index contributed by atoms with van der Waals surface area (Å²) in [5.41, 5.74) is 5.69. The van der Waals surface area contributed by atoms with Crippen LogP contribution in [0.3, 0.4) is 0 Å². The second kappa shape index (κ2) is 7.24. The zero-order valence-corrected chi connectivity index (χ0v) is 15.9. The minimum Gasteiger partial charge on any atom is -0.369 e. The van der Waals surface area contributed by atoms with Crippen molar-refractivity contribution in [3.05, 3.63) is 66.0 Å². The van der Waals surface area contributed by atoms with E-state index in [1.807, 2.05) is 48.0 Å². The molecule has 0 radical (unpaired) electrons. The molecule has 2 atom stereocenters. The van der Waals surface area contributed by atoms with Crippen LogP contribution >= 0.6 is 0 Å². The number of hydrogen-bond acceptors (Lipinski definition) is 3. The highest BCUT2D eigenvalue weighted by molar-refractivity contribution is 6.00. The Labute approximate surface area is 164 Å². The monoisotopic (exact) mass is 370 g/mol. The molecular formula is C23H22N4O. The maximum absolute atomic E-state index is 12.1. The van der Waals surface area contributed by atoms with Crippen LogP contribution in [0.15, 0.2) is 54.7 Å². The molecule has 0 unspecified atom stereocenters. The Morgan fingerprint density at radius 3 is 2.71 bits per heavy atom. The molecular weight excluding hydrogens is 348 g/mol. The molecule has 1 aliphatic rings. The van der Waals surface area contributed by atoms with Gasteiger partial charge in [0.15, 0.2) is 0 Å². The van der Waals surface area contributed by atoms with Crippen molar-refractivity contribution in [2.75, 3.05) is 10.6 Å². The number of hydrogen-bond donors (Lipinski definition) is 2. The van der Waals surface area contributed by atoms with E-state index < -0.39 is 0 Å². The minimum atomic E-state index is -0.346. The molecule has 140 valence electrons. The maximum Gasteiger partial charge on any atom is 0.227 e. The summed E-state index contributed by atoms with van der Waals surface area (Å²) >= 11 is 0. The van der Waals surface area contributed by atoms with Crippen molar-refractivity contribution in [3.8, 4) is 23.5 Å². The quantitative estimate of drug-likeness (QED) is 0.679. The number of carbonyl (C=O) groups is 1. The first-order valence-corrected chi connectivity index (χ1v) is 9.33. The summed E-state index contributed by atoms with van der Waals surface area (Å²) in [6.45, 7) is 4.13. The second-order valence-corrected chi connectivity index (χ2v) is 7.04. The van der Waals surface area contributed by atoms with E-state index in [2.05, 4.69) is 41.8 Å². The summed E-state index contributed by atoms with van der Waals surface area (Å²) in [5, 5.41) is 11.0. The fourth-order valence-electron chi connectivity index (χ4n) is 3.58. The number of anilines is 2. The number of carbonyl (C=O) groups excluding carboxylic acids is 1. The van der Waals surface area contributed by atoms with Gasteiger partial charge in [0, 0.05) is 17.3 Å². The zero-order chi connectivity index (χ0) is 19.7. The van der Waals surface area contributed by atoms with Crippen LogP contribution in [0.25, 0.3) is 11.1 Å². The highest BCUT2D eigenvalue weighted by atomic mass is 16.1. The lowest BCUT2D eigenvalue weighted by molar-refractivity contribution is -0.116. The Morgan fingerprint density at radius 1 is 1.18 bits per heavy atom. The largest absolute Gasteiger partial charge is 0.369 e. The summed E-state index contributed by atoms with van der Waals surface area (Å²) in [6, 6.07) is 15.9. The number of para-hydroxylation sites is 1. The lowest BCUT2D eigenvalue weighted by Gasteiger charge is -2.16. The molecule has 28 heavy (non-hydrogen) atoms. The molecule has 0 saturated heterocycles. The third-order valence-electron chi connectivity index (χ3n) is 5.13. The van der Waals surface area contributed by atoms with Gasteiger partial charge in [-0.2, -0.15) is 5.10 Å². The number of aromatic nitrogens is 2. The van der Waals surface area contributed by atoms with Gasteiger partial charge in [0.2, 0.25) is 5.91 Å². The topological polar surface area (TPSA) is 59.0 Å². The summed E-state index contributed by atoms with van der Waals surface area (Å²) in [5.74, 6) is 2.57. The molecule has 0 bridgehead atoms. The Balaban J connectivity index is 1.77. The SMILES string of the molecule is C#C[C@@H]1CC(=O)Nc2cccc(-c3cn([C@@H](C)c4ccccc4)nc3C)c2N1. The maximum atomic E-state index is 12.1. The van der Waals surface area contributed by atoms with Crippen LogP contribution in [0.1, 0.15) is 30.6 Å². The van der Waals surface area contributed by atoms with Crippen LogP contribution in [0.5, 0.6) is 0 Å². The summed E-state index contributed by atoms with van der Waals surface area (Å²) in [7, 11) is 0. The molecule has 5 heteroatoms. The molecule has 0 aliphatic carbocycles. The summed E-state index contributed by atoms with van der Waals surface area (Å²) < 4.78 is 1.98. The number of rotatable bonds is 3. The minimum absolute atomic E-state index is 0.0866. The molecule has 2 aromatic carbocycles. The van der Waals surface area contributed by atoms with Crippen molar-refractivity contribution in [1.29, 1.82) is 0 Å². The summed E-state index contributed by atoms with van der Waals surface area (Å²) in [6.07, 6.45) is 7.91. The average Bonchev–Trinajstić information content (AvgIpc) is 3.00. The Bertz CT molecular complexity index is 1060. The fraction of sp³-hybridized carbons (Fsp3) is 0.217. The van der Waals surface area contributed by atoms with Crippen LogP contribution < -0.4 is 10.6 Å². The number of aryl methyl sites for hydroxylation is 1. The lowest BCUT2D eigenvalue weighted by atomic mass is 10.0. The van der Waals surface area contributed by atoms with Gasteiger partial charge in [-0.3, -0.25) is 9.48 Å². The van der Waals surface area contributed by atoms with Gasteiger partial charge in [-0.05, 0) is 25.5 Å². The number of fused-ring (bicyclic) bond motifs is 1. The van der Waals surface area contributed by atoms with Gasteiger partial charge in [-0.25, -0.2) is 0 Å². The highest BCUT2D eigenvalue weighted by Gasteiger charge is 2.23. The van der Waals surface area contributed by atoms with E-state index in [9.17, 15) is 4.79 Å². The molecule has 0 spiro atoms. The first kappa shape index (κ1) is 17.9. The van der Waals surface area contributed by atoms with Gasteiger partial charge in [-0.1, -0.05) is 48.4 Å². The number of nitrogens with zero attached hydrogens (tertiary/aromatic N) is 2. The van der Waals surface area contributed by atoms with Crippen LogP contribution in [0.4, 0.5) is 11.4 Å². The molecule has 1 aliphatic heterocycles. The van der Waals surface area contributed by atoms with Gasteiger partial charge in [0.1, 0.15) is 0 Å². The van der Waals surface area contributed by atoms with Crippen LogP contribution in [0.2, 0.25) is 0 Å². The predicted octanol–water partition coefficient (Wildman–Crippen LogP) is 4.22. The Kier molecular flexibility index (Phi) is 4.62. The average molecular weight is 370 g/mol. The molecule has 0 fully saturated rings. The van der Waals surface area contributed by atoms with E-state index >= 15 is 0 Å². The van der Waals surface area contributed by atoms with Crippen molar-refractivity contribution < 1.29 is 4.79 Å². The van der Waals surface area contributed by atoms with Crippen LogP contribution in [-0.4, -0.2) is 21.7 Å². The van der Waals surface area contributed by atoms with E-state index in [0.29, 0.717) is 0 Å². The second-order valence-electron chi connectivity index (χ2n) is 7.04. The van der Waals surface area contributed by atoms with E-state index in [4.69, 9.17) is 11.5 Å². The van der Waals surface area contributed by atoms with Crippen molar-refractivity contribution in [1.82, 2.24) is 9.78 Å². The van der Waals surface area contributed by atoms with Gasteiger partial charge >= 0.3 is 0 Å². The standard InChI is InChI=1S/C23H22N4O/c1-4-18-13-22(28)25-21-12-8-11-19(23(21)24-18)20-14-27(26-15(20)2)16(3)17-9-6-5-7-10-17/h1,5-12,14,16,18,24H,13H2,2-3H3,(H,25,28)/t16-,18+/m0/s1. The van der Waals surface area contributed by atoms with Crippen LogP contribution in [-0.2, 0) is 4.79 Å². The third-order valence-corrected chi connectivity index (χ3v) is 5.13. The molecule has 3 aromatic rings. The highest BCUT2D eigenvalue weighted by Crippen LogP contribution is 2.38. The predicted molar refractivity (Wildman–Crippen MR) is 112 cm³/mol. The van der Waals surface area contributed by atoms with E-state index in [1.165, 1.54) is 5.56 Å². The number of nitrogens with one attached hydrogen (secondary N) is 2.